The van der Waals surface area contributed by atoms with E-state index in [-0.39, 0.29) is 7.92 Å². The quantitative estimate of drug-likeness (QED) is 0.322. The second kappa shape index (κ2) is 17.1. The summed E-state index contributed by atoms with van der Waals surface area (Å²) in [5.41, 5.74) is 2.90. The number of nitrogens with one attached hydrogen (secondary N) is 1. The van der Waals surface area contributed by atoms with Crippen molar-refractivity contribution in [3.05, 3.63) is 83.9 Å². The van der Waals surface area contributed by atoms with Crippen LogP contribution < -0.4 is 0 Å². The first kappa shape index (κ1) is 23.3. The highest BCUT2D eigenvalue weighted by molar-refractivity contribution is 7.57. The van der Waals surface area contributed by atoms with Crippen LogP contribution in [0.25, 0.3) is 0 Å². The molecule has 0 aliphatic heterocycles. The van der Waals surface area contributed by atoms with Crippen molar-refractivity contribution in [1.29, 1.82) is 5.41 Å². The Balaban J connectivity index is 0.000000372. The van der Waals surface area contributed by atoms with E-state index in [0.29, 0.717) is 0 Å². The molecule has 0 aliphatic carbocycles. The Morgan fingerprint density at radius 1 is 0.960 bits per heavy atom. The van der Waals surface area contributed by atoms with Crippen molar-refractivity contribution in [3.63, 3.8) is 0 Å². The fraction of sp³-hybridized carbons (Fsp3) is 0.348. The maximum Gasteiger partial charge on any atom is 0.00245 e. The van der Waals surface area contributed by atoms with Gasteiger partial charge in [0.05, 0.1) is 0 Å². The number of allylic oxidation sites excluding steroid dienone is 2. The minimum atomic E-state index is 0.0513. The van der Waals surface area contributed by atoms with E-state index < -0.39 is 0 Å². The third kappa shape index (κ3) is 15.5. The highest BCUT2D eigenvalue weighted by Gasteiger charge is 2.01. The summed E-state index contributed by atoms with van der Waals surface area (Å²) >= 11 is 0. The van der Waals surface area contributed by atoms with E-state index in [1.54, 1.807) is 11.8 Å². The molecule has 136 valence electrons. The lowest BCUT2D eigenvalue weighted by atomic mass is 10.2. The smallest absolute Gasteiger partial charge is 0.00245 e. The molecule has 2 aromatic carbocycles. The Morgan fingerprint density at radius 2 is 1.44 bits per heavy atom. The summed E-state index contributed by atoms with van der Waals surface area (Å²) in [5, 5.41) is 7.01. The van der Waals surface area contributed by atoms with Gasteiger partial charge in [-0.2, -0.15) is 0 Å². The van der Waals surface area contributed by atoms with Crippen molar-refractivity contribution in [2.75, 3.05) is 19.0 Å². The van der Waals surface area contributed by atoms with Gasteiger partial charge in [0.25, 0.3) is 0 Å². The monoisotopic (exact) mass is 355 g/mol. The number of benzene rings is 2. The molecule has 0 aliphatic rings. The normalized spacial score (nSPS) is 11.3. The predicted molar refractivity (Wildman–Crippen MR) is 118 cm³/mol. The standard InChI is InChI=1S/C10H20NP.C7H8.C6H6/c1-4-6-10(5-2)9-12(3)8-7-11;1-7-5-3-2-4-6-7;1-2-4-6-5-3-1/h5,7,11H,4,6,8-9H2,1-3H3;2-6H,1H3;1-6H/b10-5+,11-7?;;. The third-order valence-corrected chi connectivity index (χ3v) is 5.21. The predicted octanol–water partition coefficient (Wildman–Crippen LogP) is 7.18. The zero-order chi connectivity index (χ0) is 18.8. The first-order valence-electron chi connectivity index (χ1n) is 8.97. The lowest BCUT2D eigenvalue weighted by Crippen LogP contribution is -1.93. The highest BCUT2D eigenvalue weighted by atomic mass is 31.1. The van der Waals surface area contributed by atoms with Gasteiger partial charge in [0, 0.05) is 6.16 Å². The second-order valence-electron chi connectivity index (χ2n) is 5.91. The minimum absolute atomic E-state index is 0.0513. The van der Waals surface area contributed by atoms with Crippen LogP contribution in [0, 0.1) is 12.3 Å². The maximum atomic E-state index is 7.01. The molecule has 1 nitrogen and oxygen atoms in total. The van der Waals surface area contributed by atoms with E-state index in [1.807, 2.05) is 54.6 Å². The van der Waals surface area contributed by atoms with E-state index in [4.69, 9.17) is 5.41 Å². The van der Waals surface area contributed by atoms with Crippen LogP contribution in [0.4, 0.5) is 0 Å². The van der Waals surface area contributed by atoms with Crippen LogP contribution in [0.5, 0.6) is 0 Å². The molecule has 0 bridgehead atoms. The first-order chi connectivity index (χ1) is 12.1. The van der Waals surface area contributed by atoms with Gasteiger partial charge in [0.2, 0.25) is 0 Å². The molecule has 0 radical (unpaired) electrons. The average Bonchev–Trinajstić information content (AvgIpc) is 2.65. The van der Waals surface area contributed by atoms with Crippen LogP contribution in [0.2, 0.25) is 0 Å². The van der Waals surface area contributed by atoms with Gasteiger partial charge >= 0.3 is 0 Å². The van der Waals surface area contributed by atoms with Crippen molar-refractivity contribution < 1.29 is 0 Å². The van der Waals surface area contributed by atoms with Crippen molar-refractivity contribution in [1.82, 2.24) is 0 Å². The molecule has 0 heterocycles. The molecule has 0 saturated heterocycles. The molecule has 2 aromatic rings. The molecule has 0 amide bonds. The molecule has 0 saturated carbocycles. The van der Waals surface area contributed by atoms with E-state index in [1.165, 1.54) is 24.6 Å². The maximum absolute atomic E-state index is 7.01. The molecule has 1 N–H and O–H groups in total. The SMILES string of the molecule is C/C=C(\CCC)CP(C)CC=N.Cc1ccccc1.c1ccccc1. The molecule has 1 atom stereocenters. The second-order valence-corrected chi connectivity index (χ2v) is 8.30. The van der Waals surface area contributed by atoms with Gasteiger partial charge in [-0.25, -0.2) is 0 Å². The molecule has 0 fully saturated rings. The minimum Gasteiger partial charge on any atom is -0.313 e. The summed E-state index contributed by atoms with van der Waals surface area (Å²) in [6, 6.07) is 22.3. The van der Waals surface area contributed by atoms with Crippen molar-refractivity contribution in [2.24, 2.45) is 0 Å². The van der Waals surface area contributed by atoms with Crippen LogP contribution in [-0.2, 0) is 0 Å². The molecular formula is C23H34NP. The Kier molecular flexibility index (Phi) is 15.9. The summed E-state index contributed by atoms with van der Waals surface area (Å²) in [4.78, 5) is 0. The zero-order valence-corrected chi connectivity index (χ0v) is 17.2. The van der Waals surface area contributed by atoms with Gasteiger partial charge in [0.15, 0.2) is 0 Å². The fourth-order valence-corrected chi connectivity index (χ4v) is 3.60. The summed E-state index contributed by atoms with van der Waals surface area (Å²) in [6.07, 6.45) is 8.48. The molecular weight excluding hydrogens is 321 g/mol. The van der Waals surface area contributed by atoms with Crippen molar-refractivity contribution in [2.45, 2.75) is 33.6 Å². The van der Waals surface area contributed by atoms with Crippen LogP contribution in [0.15, 0.2) is 78.4 Å². The van der Waals surface area contributed by atoms with E-state index >= 15 is 0 Å². The highest BCUT2D eigenvalue weighted by Crippen LogP contribution is 2.32. The van der Waals surface area contributed by atoms with Gasteiger partial charge in [-0.1, -0.05) is 97.3 Å². The largest absolute Gasteiger partial charge is 0.313 e. The summed E-state index contributed by atoms with van der Waals surface area (Å²) in [7, 11) is 0.0513. The topological polar surface area (TPSA) is 23.9 Å². The van der Waals surface area contributed by atoms with E-state index in [0.717, 1.165) is 6.16 Å². The van der Waals surface area contributed by atoms with Crippen LogP contribution in [0.3, 0.4) is 0 Å². The zero-order valence-electron chi connectivity index (χ0n) is 16.3. The lowest BCUT2D eigenvalue weighted by Gasteiger charge is -2.11. The van der Waals surface area contributed by atoms with Crippen LogP contribution in [-0.4, -0.2) is 25.2 Å². The van der Waals surface area contributed by atoms with Crippen LogP contribution in [0.1, 0.15) is 32.3 Å². The Hall–Kier alpha value is -1.72. The molecule has 0 spiro atoms. The summed E-state index contributed by atoms with van der Waals surface area (Å²) in [5.74, 6) is 0. The molecule has 2 rings (SSSR count). The number of hydrogen-bond acceptors (Lipinski definition) is 1. The Morgan fingerprint density at radius 3 is 1.76 bits per heavy atom. The Bertz CT molecular complexity index is 522. The number of hydrogen-bond donors (Lipinski definition) is 1. The molecule has 25 heavy (non-hydrogen) atoms. The molecule has 2 heteroatoms. The van der Waals surface area contributed by atoms with Gasteiger partial charge in [0.1, 0.15) is 0 Å². The van der Waals surface area contributed by atoms with E-state index in [2.05, 4.69) is 45.6 Å². The Labute approximate surface area is 156 Å². The summed E-state index contributed by atoms with van der Waals surface area (Å²) < 4.78 is 0. The van der Waals surface area contributed by atoms with Gasteiger partial charge in [-0.05, 0) is 39.3 Å². The average molecular weight is 356 g/mol. The van der Waals surface area contributed by atoms with Crippen molar-refractivity contribution >= 4 is 14.1 Å². The van der Waals surface area contributed by atoms with Gasteiger partial charge < -0.3 is 5.41 Å². The van der Waals surface area contributed by atoms with Gasteiger partial charge in [-0.15, -0.1) is 7.92 Å². The summed E-state index contributed by atoms with van der Waals surface area (Å²) in [6.45, 7) is 8.70. The fourth-order valence-electron chi connectivity index (χ4n) is 2.12. The lowest BCUT2D eigenvalue weighted by molar-refractivity contribution is 0.905. The number of rotatable bonds is 6. The third-order valence-electron chi connectivity index (χ3n) is 3.46. The van der Waals surface area contributed by atoms with Crippen LogP contribution >= 0.6 is 7.92 Å². The van der Waals surface area contributed by atoms with Crippen molar-refractivity contribution in [3.8, 4) is 0 Å². The van der Waals surface area contributed by atoms with E-state index in [9.17, 15) is 0 Å². The number of aryl methyl sites for hydroxylation is 1. The van der Waals surface area contributed by atoms with Gasteiger partial charge in [-0.3, -0.25) is 0 Å². The molecule has 1 unspecified atom stereocenters. The first-order valence-corrected chi connectivity index (χ1v) is 11.1. The molecule has 0 aromatic heterocycles.